The van der Waals surface area contributed by atoms with E-state index in [0.29, 0.717) is 18.3 Å². The van der Waals surface area contributed by atoms with Gasteiger partial charge < -0.3 is 14.2 Å². The number of sulfonamides is 1. The predicted molar refractivity (Wildman–Crippen MR) is 104 cm³/mol. The van der Waals surface area contributed by atoms with Gasteiger partial charge >= 0.3 is 0 Å². The van der Waals surface area contributed by atoms with Crippen molar-refractivity contribution < 1.29 is 22.6 Å². The minimum absolute atomic E-state index is 0.0565. The molecule has 0 atom stereocenters. The smallest absolute Gasteiger partial charge is 0.280 e. The van der Waals surface area contributed by atoms with Gasteiger partial charge in [0.2, 0.25) is 0 Å². The van der Waals surface area contributed by atoms with Gasteiger partial charge in [0.05, 0.1) is 27.0 Å². The SMILES string of the molecule is COc1ccc(OC)c(S(=O)(=O)N/N=C/c2ccc(OCC(C)C)cc2)c1. The highest BCUT2D eigenvalue weighted by Gasteiger charge is 2.19. The first-order valence-electron chi connectivity index (χ1n) is 8.35. The number of hydrogen-bond donors (Lipinski definition) is 1. The summed E-state index contributed by atoms with van der Waals surface area (Å²) in [6, 6.07) is 11.7. The van der Waals surface area contributed by atoms with Gasteiger partial charge in [0, 0.05) is 6.07 Å². The van der Waals surface area contributed by atoms with Gasteiger partial charge in [0.1, 0.15) is 22.1 Å². The summed E-state index contributed by atoms with van der Waals surface area (Å²) < 4.78 is 40.8. The zero-order valence-corrected chi connectivity index (χ0v) is 16.6. The summed E-state index contributed by atoms with van der Waals surface area (Å²) in [4.78, 5) is 2.12. The summed E-state index contributed by atoms with van der Waals surface area (Å²) in [7, 11) is -1.06. The van der Waals surface area contributed by atoms with E-state index in [4.69, 9.17) is 14.2 Å². The molecule has 0 aliphatic heterocycles. The Hall–Kier alpha value is -2.74. The number of rotatable bonds is 9. The van der Waals surface area contributed by atoms with Crippen molar-refractivity contribution in [3.05, 3.63) is 48.0 Å². The summed E-state index contributed by atoms with van der Waals surface area (Å²) in [6.45, 7) is 4.78. The highest BCUT2D eigenvalue weighted by atomic mass is 32.2. The fourth-order valence-electron chi connectivity index (χ4n) is 2.13. The van der Waals surface area contributed by atoms with E-state index in [-0.39, 0.29) is 10.6 Å². The molecule has 27 heavy (non-hydrogen) atoms. The van der Waals surface area contributed by atoms with Gasteiger partial charge in [-0.15, -0.1) is 0 Å². The van der Waals surface area contributed by atoms with Crippen molar-refractivity contribution in [2.24, 2.45) is 11.0 Å². The zero-order chi connectivity index (χ0) is 19.9. The topological polar surface area (TPSA) is 86.2 Å². The molecule has 2 rings (SSSR count). The van der Waals surface area contributed by atoms with Gasteiger partial charge in [-0.25, -0.2) is 0 Å². The second kappa shape index (κ2) is 9.27. The Kier molecular flexibility index (Phi) is 7.06. The Morgan fingerprint density at radius 2 is 1.70 bits per heavy atom. The van der Waals surface area contributed by atoms with Crippen LogP contribution in [0, 0.1) is 5.92 Å². The molecular formula is C19H24N2O5S. The van der Waals surface area contributed by atoms with E-state index in [9.17, 15) is 8.42 Å². The van der Waals surface area contributed by atoms with E-state index < -0.39 is 10.0 Å². The van der Waals surface area contributed by atoms with Crippen LogP contribution in [0.2, 0.25) is 0 Å². The average molecular weight is 392 g/mol. The van der Waals surface area contributed by atoms with E-state index in [1.54, 1.807) is 18.2 Å². The number of benzene rings is 2. The number of hydrogen-bond acceptors (Lipinski definition) is 6. The maximum absolute atomic E-state index is 12.5. The van der Waals surface area contributed by atoms with Gasteiger partial charge in [-0.3, -0.25) is 0 Å². The van der Waals surface area contributed by atoms with E-state index in [2.05, 4.69) is 23.8 Å². The van der Waals surface area contributed by atoms with Gasteiger partial charge in [-0.2, -0.15) is 18.4 Å². The summed E-state index contributed by atoms with van der Waals surface area (Å²) in [5.41, 5.74) is 0.729. The molecule has 0 spiro atoms. The minimum Gasteiger partial charge on any atom is -0.497 e. The van der Waals surface area contributed by atoms with Crippen molar-refractivity contribution in [2.45, 2.75) is 18.7 Å². The summed E-state index contributed by atoms with van der Waals surface area (Å²) in [5.74, 6) is 1.79. The van der Waals surface area contributed by atoms with E-state index >= 15 is 0 Å². The van der Waals surface area contributed by atoms with Crippen LogP contribution in [0.5, 0.6) is 17.2 Å². The maximum Gasteiger partial charge on any atom is 0.280 e. The van der Waals surface area contributed by atoms with Crippen LogP contribution in [0.1, 0.15) is 19.4 Å². The van der Waals surface area contributed by atoms with Gasteiger partial charge in [0.25, 0.3) is 10.0 Å². The van der Waals surface area contributed by atoms with Crippen molar-refractivity contribution in [3.8, 4) is 17.2 Å². The number of nitrogens with zero attached hydrogens (tertiary/aromatic N) is 1. The summed E-state index contributed by atoms with van der Waals surface area (Å²) in [5, 5.41) is 3.82. The van der Waals surface area contributed by atoms with Crippen LogP contribution in [0.3, 0.4) is 0 Å². The molecule has 2 aromatic carbocycles. The maximum atomic E-state index is 12.5. The van der Waals surface area contributed by atoms with Gasteiger partial charge in [-0.1, -0.05) is 13.8 Å². The monoisotopic (exact) mass is 392 g/mol. The Bertz CT molecular complexity index is 877. The van der Waals surface area contributed by atoms with Crippen LogP contribution in [0.15, 0.2) is 52.5 Å². The number of nitrogens with one attached hydrogen (secondary N) is 1. The second-order valence-corrected chi connectivity index (χ2v) is 7.77. The van der Waals surface area contributed by atoms with Crippen molar-refractivity contribution >= 4 is 16.2 Å². The summed E-state index contributed by atoms with van der Waals surface area (Å²) in [6.07, 6.45) is 1.41. The molecule has 146 valence electrons. The van der Waals surface area contributed by atoms with Crippen LogP contribution >= 0.6 is 0 Å². The molecule has 1 N–H and O–H groups in total. The normalized spacial score (nSPS) is 11.6. The Balaban J connectivity index is 2.08. The van der Waals surface area contributed by atoms with Gasteiger partial charge in [-0.05, 0) is 47.9 Å². The highest BCUT2D eigenvalue weighted by Crippen LogP contribution is 2.27. The number of hydrazone groups is 1. The molecule has 0 heterocycles. The Labute approximate surface area is 160 Å². The molecule has 0 saturated carbocycles. The zero-order valence-electron chi connectivity index (χ0n) is 15.8. The number of methoxy groups -OCH3 is 2. The van der Waals surface area contributed by atoms with E-state index in [0.717, 1.165) is 11.3 Å². The van der Waals surface area contributed by atoms with Crippen molar-refractivity contribution in [3.63, 3.8) is 0 Å². The third-order valence-corrected chi connectivity index (χ3v) is 4.75. The molecule has 0 unspecified atom stereocenters. The fourth-order valence-corrected chi connectivity index (χ4v) is 3.10. The van der Waals surface area contributed by atoms with Crippen LogP contribution < -0.4 is 19.0 Å². The van der Waals surface area contributed by atoms with Crippen LogP contribution in [-0.2, 0) is 10.0 Å². The van der Waals surface area contributed by atoms with E-state index in [1.807, 2.05) is 12.1 Å². The first-order valence-corrected chi connectivity index (χ1v) is 9.84. The molecule has 0 aromatic heterocycles. The molecule has 0 aliphatic carbocycles. The lowest BCUT2D eigenvalue weighted by Crippen LogP contribution is -2.19. The molecule has 0 radical (unpaired) electrons. The molecule has 7 nitrogen and oxygen atoms in total. The standard InChI is InChI=1S/C19H24N2O5S/c1-14(2)13-26-16-7-5-15(6-8-16)12-20-21-27(22,23)19-11-17(24-3)9-10-18(19)25-4/h5-12,14,21H,13H2,1-4H3/b20-12+. The van der Waals surface area contributed by atoms with Gasteiger partial charge in [0.15, 0.2) is 0 Å². The molecule has 0 saturated heterocycles. The van der Waals surface area contributed by atoms with Crippen molar-refractivity contribution in [2.75, 3.05) is 20.8 Å². The molecule has 0 fully saturated rings. The average Bonchev–Trinajstić information content (AvgIpc) is 2.66. The Morgan fingerprint density at radius 3 is 2.30 bits per heavy atom. The fraction of sp³-hybridized carbons (Fsp3) is 0.316. The molecule has 0 bridgehead atoms. The summed E-state index contributed by atoms with van der Waals surface area (Å²) >= 11 is 0. The quantitative estimate of drug-likeness (QED) is 0.524. The van der Waals surface area contributed by atoms with Crippen molar-refractivity contribution in [1.29, 1.82) is 0 Å². The molecule has 8 heteroatoms. The van der Waals surface area contributed by atoms with Crippen molar-refractivity contribution in [1.82, 2.24) is 4.83 Å². The van der Waals surface area contributed by atoms with Crippen LogP contribution in [0.4, 0.5) is 0 Å². The molecular weight excluding hydrogens is 368 g/mol. The molecule has 2 aromatic rings. The lowest BCUT2D eigenvalue weighted by Gasteiger charge is -2.10. The molecule has 0 amide bonds. The second-order valence-electron chi connectivity index (χ2n) is 6.14. The van der Waals surface area contributed by atoms with Crippen LogP contribution in [0.25, 0.3) is 0 Å². The first-order chi connectivity index (χ1) is 12.9. The first kappa shape index (κ1) is 20.6. The van der Waals surface area contributed by atoms with E-state index in [1.165, 1.54) is 32.6 Å². The largest absolute Gasteiger partial charge is 0.497 e. The molecule has 0 aliphatic rings. The lowest BCUT2D eigenvalue weighted by molar-refractivity contribution is 0.271. The lowest BCUT2D eigenvalue weighted by atomic mass is 10.2. The third-order valence-electron chi connectivity index (χ3n) is 3.51. The highest BCUT2D eigenvalue weighted by molar-refractivity contribution is 7.89. The third kappa shape index (κ3) is 5.89. The van der Waals surface area contributed by atoms with Crippen LogP contribution in [-0.4, -0.2) is 35.5 Å². The predicted octanol–water partition coefficient (Wildman–Crippen LogP) is 3.05. The minimum atomic E-state index is -3.91. The Morgan fingerprint density at radius 1 is 1.04 bits per heavy atom. The number of ether oxygens (including phenoxy) is 3.